The van der Waals surface area contributed by atoms with Crippen molar-refractivity contribution in [1.82, 2.24) is 14.9 Å². The van der Waals surface area contributed by atoms with Gasteiger partial charge in [-0.05, 0) is 74.1 Å². The van der Waals surface area contributed by atoms with Crippen molar-refractivity contribution in [1.29, 1.82) is 0 Å². The van der Waals surface area contributed by atoms with E-state index in [0.717, 1.165) is 28.9 Å². The molecule has 5 rings (SSSR count). The first-order chi connectivity index (χ1) is 20.4. The molecule has 43 heavy (non-hydrogen) atoms. The Labute approximate surface area is 254 Å². The van der Waals surface area contributed by atoms with E-state index in [2.05, 4.69) is 15.0 Å². The Bertz CT molecular complexity index is 1830. The number of nitro groups is 1. The quantitative estimate of drug-likeness (QED) is 0.149. The van der Waals surface area contributed by atoms with Gasteiger partial charge in [-0.2, -0.15) is 0 Å². The Morgan fingerprint density at radius 3 is 2.42 bits per heavy atom. The number of anilines is 2. The van der Waals surface area contributed by atoms with Crippen molar-refractivity contribution in [3.8, 4) is 17.2 Å². The molecule has 0 bridgehead atoms. The van der Waals surface area contributed by atoms with Crippen LogP contribution in [-0.2, 0) is 10.0 Å². The molecule has 2 aromatic heterocycles. The average molecular weight is 623 g/mol. The van der Waals surface area contributed by atoms with Crippen LogP contribution in [0.2, 0.25) is 0 Å². The number of ether oxygens (including phenoxy) is 2. The van der Waals surface area contributed by atoms with E-state index in [-0.39, 0.29) is 17.4 Å². The number of hydrogen-bond acceptors (Lipinski definition) is 8. The maximum absolute atomic E-state index is 12.1. The van der Waals surface area contributed by atoms with Crippen molar-refractivity contribution in [2.75, 3.05) is 30.1 Å². The summed E-state index contributed by atoms with van der Waals surface area (Å²) < 4.78 is 39.8. The number of sulfonamides is 1. The monoisotopic (exact) mass is 622 g/mol. The van der Waals surface area contributed by atoms with Gasteiger partial charge in [0.15, 0.2) is 5.11 Å². The molecule has 2 aromatic carbocycles. The smallest absolute Gasteiger partial charge is 0.273 e. The van der Waals surface area contributed by atoms with Gasteiger partial charge in [0.25, 0.3) is 5.69 Å². The van der Waals surface area contributed by atoms with Crippen LogP contribution in [0.5, 0.6) is 11.5 Å². The normalized spacial score (nSPS) is 16.6. The molecule has 0 unspecified atom stereocenters. The molecule has 0 saturated carbocycles. The maximum Gasteiger partial charge on any atom is 0.273 e. The van der Waals surface area contributed by atoms with E-state index in [1.165, 1.54) is 26.4 Å². The highest BCUT2D eigenvalue weighted by Gasteiger charge is 2.42. The third-order valence-corrected chi connectivity index (χ3v) is 8.16. The summed E-state index contributed by atoms with van der Waals surface area (Å²) in [4.78, 5) is 17.5. The first-order valence-electron chi connectivity index (χ1n) is 13.1. The fourth-order valence-electron chi connectivity index (χ4n) is 5.50. The number of benzene rings is 2. The van der Waals surface area contributed by atoms with Gasteiger partial charge in [0.05, 0.1) is 60.6 Å². The number of aromatic nitrogens is 2. The first kappa shape index (κ1) is 29.8. The van der Waals surface area contributed by atoms with E-state index in [0.29, 0.717) is 28.0 Å². The molecule has 0 amide bonds. The summed E-state index contributed by atoms with van der Waals surface area (Å²) in [5.74, 6) is 0.709. The highest BCUT2D eigenvalue weighted by Crippen LogP contribution is 2.45. The van der Waals surface area contributed by atoms with Gasteiger partial charge in [0, 0.05) is 29.3 Å². The molecular weight excluding hydrogens is 592 g/mol. The number of aryl methyl sites for hydroxylation is 1. The largest absolute Gasteiger partial charge is 0.495 e. The molecule has 1 saturated heterocycles. The molecule has 4 aromatic rings. The predicted molar refractivity (Wildman–Crippen MR) is 168 cm³/mol. The number of methoxy groups -OCH3 is 2. The first-order valence-corrected chi connectivity index (χ1v) is 15.4. The molecule has 0 aliphatic carbocycles. The Kier molecular flexibility index (Phi) is 7.99. The molecule has 3 heterocycles. The maximum atomic E-state index is 12.1. The highest BCUT2D eigenvalue weighted by molar-refractivity contribution is 7.92. The van der Waals surface area contributed by atoms with Gasteiger partial charge in [-0.1, -0.05) is 6.07 Å². The van der Waals surface area contributed by atoms with Crippen LogP contribution >= 0.6 is 12.2 Å². The number of nitro benzene ring substituents is 1. The third kappa shape index (κ3) is 5.70. The van der Waals surface area contributed by atoms with E-state index in [1.54, 1.807) is 24.4 Å². The van der Waals surface area contributed by atoms with Crippen LogP contribution in [0.4, 0.5) is 17.1 Å². The van der Waals surface area contributed by atoms with Gasteiger partial charge in [-0.15, -0.1) is 0 Å². The molecular formula is C29H30N6O6S2. The van der Waals surface area contributed by atoms with Crippen molar-refractivity contribution in [2.24, 2.45) is 0 Å². The second-order valence-electron chi connectivity index (χ2n) is 10.0. The Hall–Kier alpha value is -4.69. The van der Waals surface area contributed by atoms with Crippen LogP contribution in [-0.4, -0.2) is 48.5 Å². The van der Waals surface area contributed by atoms with Crippen molar-refractivity contribution in [2.45, 2.75) is 25.9 Å². The zero-order valence-corrected chi connectivity index (χ0v) is 25.7. The van der Waals surface area contributed by atoms with Crippen LogP contribution in [0.1, 0.15) is 34.7 Å². The van der Waals surface area contributed by atoms with Crippen LogP contribution in [0.25, 0.3) is 5.69 Å². The van der Waals surface area contributed by atoms with Crippen molar-refractivity contribution < 1.29 is 22.8 Å². The summed E-state index contributed by atoms with van der Waals surface area (Å²) in [5, 5.41) is 15.3. The summed E-state index contributed by atoms with van der Waals surface area (Å²) in [7, 11) is -0.664. The predicted octanol–water partition coefficient (Wildman–Crippen LogP) is 4.96. The SMILES string of the molecule is COc1ccc(N2C(=S)N[C@H](c3ccccn3)[C@@H]2c2cc(C)n(-c3ccc([N+](=O)[O-])cc3OC)c2C)cc1NS(C)(=O)=O. The topological polar surface area (TPSA) is 141 Å². The van der Waals surface area contributed by atoms with Gasteiger partial charge in [-0.3, -0.25) is 19.8 Å². The summed E-state index contributed by atoms with van der Waals surface area (Å²) in [6.45, 7) is 3.91. The number of nitrogens with one attached hydrogen (secondary N) is 2. The van der Waals surface area contributed by atoms with E-state index in [1.807, 2.05) is 53.6 Å². The van der Waals surface area contributed by atoms with Crippen LogP contribution in [0, 0.1) is 24.0 Å². The summed E-state index contributed by atoms with van der Waals surface area (Å²) in [5.41, 5.74) is 4.87. The number of thiocarbonyl (C=S) groups is 1. The van der Waals surface area contributed by atoms with Gasteiger partial charge >= 0.3 is 0 Å². The number of nitrogens with zero attached hydrogens (tertiary/aromatic N) is 4. The van der Waals surface area contributed by atoms with E-state index in [4.69, 9.17) is 21.7 Å². The summed E-state index contributed by atoms with van der Waals surface area (Å²) >= 11 is 5.87. The lowest BCUT2D eigenvalue weighted by molar-refractivity contribution is -0.384. The second-order valence-corrected chi connectivity index (χ2v) is 12.2. The Balaban J connectivity index is 1.70. The molecule has 1 fully saturated rings. The number of pyridine rings is 1. The van der Waals surface area contributed by atoms with Crippen molar-refractivity contribution >= 4 is 44.4 Å². The van der Waals surface area contributed by atoms with Crippen LogP contribution < -0.4 is 24.4 Å². The minimum atomic E-state index is -3.60. The lowest BCUT2D eigenvalue weighted by atomic mass is 9.96. The molecule has 2 N–H and O–H groups in total. The van der Waals surface area contributed by atoms with E-state index < -0.39 is 21.0 Å². The zero-order valence-electron chi connectivity index (χ0n) is 24.1. The summed E-state index contributed by atoms with van der Waals surface area (Å²) in [6.07, 6.45) is 2.79. The molecule has 1 aliphatic rings. The van der Waals surface area contributed by atoms with Gasteiger partial charge in [0.1, 0.15) is 11.5 Å². The zero-order chi connectivity index (χ0) is 31.1. The highest BCUT2D eigenvalue weighted by atomic mass is 32.2. The fraction of sp³-hybridized carbons (Fsp3) is 0.241. The lowest BCUT2D eigenvalue weighted by Crippen LogP contribution is -2.29. The molecule has 14 heteroatoms. The molecule has 12 nitrogen and oxygen atoms in total. The average Bonchev–Trinajstić information content (AvgIpc) is 3.46. The Morgan fingerprint density at radius 2 is 1.79 bits per heavy atom. The Morgan fingerprint density at radius 1 is 1.05 bits per heavy atom. The number of rotatable bonds is 9. The number of non-ortho nitro benzene ring substituents is 1. The molecule has 2 atom stereocenters. The van der Waals surface area contributed by atoms with E-state index >= 15 is 0 Å². The number of hydrogen-bond donors (Lipinski definition) is 2. The van der Waals surface area contributed by atoms with Gasteiger partial charge in [0.2, 0.25) is 10.0 Å². The van der Waals surface area contributed by atoms with Crippen molar-refractivity contribution in [3.63, 3.8) is 0 Å². The molecule has 0 radical (unpaired) electrons. The van der Waals surface area contributed by atoms with Gasteiger partial charge < -0.3 is 24.3 Å². The minimum Gasteiger partial charge on any atom is -0.495 e. The van der Waals surface area contributed by atoms with Crippen LogP contribution in [0.15, 0.2) is 66.9 Å². The third-order valence-electron chi connectivity index (χ3n) is 7.26. The van der Waals surface area contributed by atoms with Gasteiger partial charge in [-0.25, -0.2) is 8.42 Å². The van der Waals surface area contributed by atoms with Crippen LogP contribution in [0.3, 0.4) is 0 Å². The lowest BCUT2D eigenvalue weighted by Gasteiger charge is -2.29. The minimum absolute atomic E-state index is 0.0759. The molecule has 1 aliphatic heterocycles. The van der Waals surface area contributed by atoms with Crippen molar-refractivity contribution in [3.05, 3.63) is 99.6 Å². The standard InChI is InChI=1S/C29H30N6O6S2/c1-17-14-21(18(2)33(17)24-11-9-20(35(36)37)16-26(24)41-4)28-27(22-8-6-7-13-30-22)31-29(42)34(28)19-10-12-25(40-3)23(15-19)32-43(5,38)39/h6-16,27-28,32H,1-5H3,(H,31,42)/t27-,28+/m1/s1. The summed E-state index contributed by atoms with van der Waals surface area (Å²) in [6, 6.07) is 16.6. The van der Waals surface area contributed by atoms with E-state index in [9.17, 15) is 18.5 Å². The molecule has 0 spiro atoms. The second kappa shape index (κ2) is 11.5. The molecule has 224 valence electrons. The fourth-order valence-corrected chi connectivity index (χ4v) is 6.40.